The van der Waals surface area contributed by atoms with Gasteiger partial charge in [-0.05, 0) is 45.4 Å². The molecule has 1 aromatic carbocycles. The zero-order valence-electron chi connectivity index (χ0n) is 10.7. The van der Waals surface area contributed by atoms with Crippen LogP contribution in [0.15, 0.2) is 24.3 Å². The van der Waals surface area contributed by atoms with Crippen LogP contribution in [-0.4, -0.2) is 11.6 Å². The molecule has 0 spiro atoms. The summed E-state index contributed by atoms with van der Waals surface area (Å²) < 4.78 is 0. The van der Waals surface area contributed by atoms with Gasteiger partial charge in [0.25, 0.3) is 0 Å². The van der Waals surface area contributed by atoms with Gasteiger partial charge >= 0.3 is 5.97 Å². The lowest BCUT2D eigenvalue weighted by atomic mass is 10.1. The second-order valence-electron chi connectivity index (χ2n) is 4.98. The Labute approximate surface area is 102 Å². The Kier molecular flexibility index (Phi) is 4.26. The molecule has 0 unspecified atom stereocenters. The van der Waals surface area contributed by atoms with E-state index in [0.29, 0.717) is 5.56 Å². The van der Waals surface area contributed by atoms with Crippen molar-refractivity contribution in [3.8, 4) is 0 Å². The van der Waals surface area contributed by atoms with E-state index in [1.807, 2.05) is 6.92 Å². The number of carbonyl (C=O) groups excluding carboxylic acids is 1. The third-order valence-corrected chi connectivity index (χ3v) is 2.04. The summed E-state index contributed by atoms with van der Waals surface area (Å²) in [6, 6.07) is 6.91. The number of carbonyl (C=O) groups is 1. The Balaban J connectivity index is 2.64. The second kappa shape index (κ2) is 5.29. The standard InChI is InChI=1S/C13H19NO3/c1-9(14)10-5-7-11(8-6-10)12(15)16-17-13(2,3)4/h5-9H,14H2,1-4H3/t9-/m0/s1. The average Bonchev–Trinajstić information content (AvgIpc) is 2.25. The van der Waals surface area contributed by atoms with Gasteiger partial charge in [-0.15, -0.1) is 0 Å². The van der Waals surface area contributed by atoms with Crippen molar-refractivity contribution in [3.63, 3.8) is 0 Å². The van der Waals surface area contributed by atoms with Crippen LogP contribution in [0.25, 0.3) is 0 Å². The Morgan fingerprint density at radius 2 is 1.76 bits per heavy atom. The predicted octanol–water partition coefficient (Wildman–Crippen LogP) is 2.59. The molecular weight excluding hydrogens is 218 g/mol. The van der Waals surface area contributed by atoms with Crippen LogP contribution in [0.5, 0.6) is 0 Å². The molecule has 0 saturated heterocycles. The molecule has 94 valence electrons. The summed E-state index contributed by atoms with van der Waals surface area (Å²) in [6.07, 6.45) is 0. The van der Waals surface area contributed by atoms with Crippen molar-refractivity contribution in [2.24, 2.45) is 5.73 Å². The molecule has 4 nitrogen and oxygen atoms in total. The highest BCUT2D eigenvalue weighted by Gasteiger charge is 2.16. The fourth-order valence-electron chi connectivity index (χ4n) is 1.13. The highest BCUT2D eigenvalue weighted by atomic mass is 17.2. The van der Waals surface area contributed by atoms with Crippen molar-refractivity contribution in [2.45, 2.75) is 39.3 Å². The maximum absolute atomic E-state index is 11.6. The zero-order chi connectivity index (χ0) is 13.1. The molecule has 1 atom stereocenters. The van der Waals surface area contributed by atoms with Gasteiger partial charge in [-0.3, -0.25) is 4.89 Å². The van der Waals surface area contributed by atoms with E-state index in [9.17, 15) is 4.79 Å². The van der Waals surface area contributed by atoms with E-state index in [-0.39, 0.29) is 6.04 Å². The topological polar surface area (TPSA) is 61.6 Å². The molecule has 1 rings (SSSR count). The van der Waals surface area contributed by atoms with Crippen LogP contribution in [-0.2, 0) is 9.78 Å². The summed E-state index contributed by atoms with van der Waals surface area (Å²) in [5.74, 6) is -0.504. The first-order valence-corrected chi connectivity index (χ1v) is 5.55. The lowest BCUT2D eigenvalue weighted by molar-refractivity contribution is -0.301. The van der Waals surface area contributed by atoms with E-state index in [1.54, 1.807) is 45.0 Å². The minimum atomic E-state index is -0.513. The van der Waals surface area contributed by atoms with Crippen molar-refractivity contribution < 1.29 is 14.6 Å². The van der Waals surface area contributed by atoms with Gasteiger partial charge in [0.05, 0.1) is 5.56 Å². The molecule has 0 amide bonds. The predicted molar refractivity (Wildman–Crippen MR) is 65.3 cm³/mol. The van der Waals surface area contributed by atoms with Crippen LogP contribution in [0.2, 0.25) is 0 Å². The maximum atomic E-state index is 11.6. The average molecular weight is 237 g/mol. The first-order chi connectivity index (χ1) is 7.79. The van der Waals surface area contributed by atoms with E-state index in [1.165, 1.54) is 0 Å². The highest BCUT2D eigenvalue weighted by Crippen LogP contribution is 2.13. The lowest BCUT2D eigenvalue weighted by Crippen LogP contribution is -2.22. The van der Waals surface area contributed by atoms with E-state index in [4.69, 9.17) is 15.5 Å². The Hall–Kier alpha value is -1.39. The van der Waals surface area contributed by atoms with E-state index in [2.05, 4.69) is 0 Å². The molecule has 0 aliphatic rings. The van der Waals surface area contributed by atoms with Crippen LogP contribution in [0.1, 0.15) is 49.7 Å². The molecule has 0 aromatic heterocycles. The van der Waals surface area contributed by atoms with Gasteiger partial charge in [-0.2, -0.15) is 4.89 Å². The first kappa shape index (κ1) is 13.7. The summed E-state index contributed by atoms with van der Waals surface area (Å²) in [5.41, 5.74) is 6.62. The minimum Gasteiger partial charge on any atom is -0.324 e. The van der Waals surface area contributed by atoms with Crippen LogP contribution < -0.4 is 5.73 Å². The fraction of sp³-hybridized carbons (Fsp3) is 0.462. The molecule has 0 fully saturated rings. The molecule has 0 heterocycles. The summed E-state index contributed by atoms with van der Waals surface area (Å²) in [6.45, 7) is 7.30. The number of benzene rings is 1. The van der Waals surface area contributed by atoms with Crippen molar-refractivity contribution in [2.75, 3.05) is 0 Å². The molecule has 17 heavy (non-hydrogen) atoms. The molecule has 0 saturated carbocycles. The van der Waals surface area contributed by atoms with E-state index < -0.39 is 11.6 Å². The largest absolute Gasteiger partial charge is 0.373 e. The fourth-order valence-corrected chi connectivity index (χ4v) is 1.13. The summed E-state index contributed by atoms with van der Waals surface area (Å²) in [5, 5.41) is 0. The minimum absolute atomic E-state index is 0.0501. The van der Waals surface area contributed by atoms with Gasteiger partial charge in [0.1, 0.15) is 5.60 Å². The third-order valence-electron chi connectivity index (χ3n) is 2.04. The Morgan fingerprint density at radius 3 is 2.18 bits per heavy atom. The quantitative estimate of drug-likeness (QED) is 0.648. The second-order valence-corrected chi connectivity index (χ2v) is 4.98. The monoisotopic (exact) mass is 237 g/mol. The van der Waals surface area contributed by atoms with Gasteiger partial charge in [-0.25, -0.2) is 4.79 Å². The first-order valence-electron chi connectivity index (χ1n) is 5.55. The molecule has 4 heteroatoms. The van der Waals surface area contributed by atoms with Gasteiger partial charge < -0.3 is 5.73 Å². The normalized spacial score (nSPS) is 13.2. The van der Waals surface area contributed by atoms with Crippen LogP contribution >= 0.6 is 0 Å². The molecule has 0 bridgehead atoms. The summed E-state index contributed by atoms with van der Waals surface area (Å²) >= 11 is 0. The van der Waals surface area contributed by atoms with Gasteiger partial charge in [0.15, 0.2) is 0 Å². The van der Waals surface area contributed by atoms with Crippen LogP contribution in [0, 0.1) is 0 Å². The number of hydrogen-bond acceptors (Lipinski definition) is 4. The summed E-state index contributed by atoms with van der Waals surface area (Å²) in [7, 11) is 0. The van der Waals surface area contributed by atoms with Gasteiger partial charge in [0, 0.05) is 6.04 Å². The van der Waals surface area contributed by atoms with Crippen molar-refractivity contribution in [3.05, 3.63) is 35.4 Å². The Bertz CT molecular complexity index is 377. The molecule has 0 radical (unpaired) electrons. The van der Waals surface area contributed by atoms with Crippen LogP contribution in [0.3, 0.4) is 0 Å². The zero-order valence-corrected chi connectivity index (χ0v) is 10.7. The number of hydrogen-bond donors (Lipinski definition) is 1. The SMILES string of the molecule is C[C@H](N)c1ccc(C(=O)OOC(C)(C)C)cc1. The molecule has 2 N–H and O–H groups in total. The molecule has 1 aromatic rings. The van der Waals surface area contributed by atoms with Gasteiger partial charge in [-0.1, -0.05) is 12.1 Å². The van der Waals surface area contributed by atoms with Crippen molar-refractivity contribution in [1.82, 2.24) is 0 Å². The molecule has 0 aliphatic carbocycles. The van der Waals surface area contributed by atoms with E-state index >= 15 is 0 Å². The molecular formula is C13H19NO3. The molecule has 0 aliphatic heterocycles. The van der Waals surface area contributed by atoms with Crippen LogP contribution in [0.4, 0.5) is 0 Å². The smallest absolute Gasteiger partial charge is 0.324 e. The lowest BCUT2D eigenvalue weighted by Gasteiger charge is -2.16. The third kappa shape index (κ3) is 4.54. The van der Waals surface area contributed by atoms with Crippen molar-refractivity contribution >= 4 is 5.97 Å². The number of nitrogens with two attached hydrogens (primary N) is 1. The maximum Gasteiger partial charge on any atom is 0.373 e. The van der Waals surface area contributed by atoms with E-state index in [0.717, 1.165) is 5.56 Å². The Morgan fingerprint density at radius 1 is 1.24 bits per heavy atom. The van der Waals surface area contributed by atoms with Crippen molar-refractivity contribution in [1.29, 1.82) is 0 Å². The number of rotatable bonds is 3. The highest BCUT2D eigenvalue weighted by molar-refractivity contribution is 5.88. The van der Waals surface area contributed by atoms with Gasteiger partial charge in [0.2, 0.25) is 0 Å². The summed E-state index contributed by atoms with van der Waals surface area (Å²) in [4.78, 5) is 21.3.